The summed E-state index contributed by atoms with van der Waals surface area (Å²) in [6.45, 7) is 12.0. The lowest BCUT2D eigenvalue weighted by atomic mass is 10.1. The predicted octanol–water partition coefficient (Wildman–Crippen LogP) is 3.57. The summed E-state index contributed by atoms with van der Waals surface area (Å²) in [5.74, 6) is 1.05. The molecular formula is C13H20ClN3. The molecule has 17 heavy (non-hydrogen) atoms. The van der Waals surface area contributed by atoms with Gasteiger partial charge in [-0.25, -0.2) is 0 Å². The first-order valence-corrected chi connectivity index (χ1v) is 6.17. The zero-order valence-corrected chi connectivity index (χ0v) is 11.6. The molecule has 0 bridgehead atoms. The molecule has 1 atom stereocenters. The zero-order valence-electron chi connectivity index (χ0n) is 10.8. The second-order valence-electron chi connectivity index (χ2n) is 4.41. The molecule has 0 amide bonds. The number of halogens is 1. The van der Waals surface area contributed by atoms with Gasteiger partial charge in [-0.2, -0.15) is 0 Å². The molecule has 0 saturated carbocycles. The molecule has 0 radical (unpaired) electrons. The quantitative estimate of drug-likeness (QED) is 0.622. The van der Waals surface area contributed by atoms with Gasteiger partial charge in [-0.3, -0.25) is 4.98 Å². The van der Waals surface area contributed by atoms with E-state index in [4.69, 9.17) is 11.6 Å². The maximum Gasteiger partial charge on any atom is 0.0995 e. The Morgan fingerprint density at radius 1 is 1.41 bits per heavy atom. The molecular weight excluding hydrogens is 234 g/mol. The van der Waals surface area contributed by atoms with Crippen molar-refractivity contribution in [3.05, 3.63) is 35.9 Å². The smallest absolute Gasteiger partial charge is 0.0995 e. The zero-order chi connectivity index (χ0) is 13.0. The molecule has 1 unspecified atom stereocenters. The highest BCUT2D eigenvalue weighted by Crippen LogP contribution is 2.25. The summed E-state index contributed by atoms with van der Waals surface area (Å²) < 4.78 is 0. The van der Waals surface area contributed by atoms with Crippen molar-refractivity contribution in [3.8, 4) is 0 Å². The van der Waals surface area contributed by atoms with Crippen LogP contribution < -0.4 is 10.6 Å². The molecule has 94 valence electrons. The minimum absolute atomic E-state index is 0.158. The molecule has 1 aromatic heterocycles. The third-order valence-corrected chi connectivity index (χ3v) is 2.49. The Kier molecular flexibility index (Phi) is 4.82. The highest BCUT2D eigenvalue weighted by Gasteiger charge is 2.11. The minimum Gasteiger partial charge on any atom is -0.356 e. The van der Waals surface area contributed by atoms with Crippen LogP contribution in [0.15, 0.2) is 24.7 Å². The van der Waals surface area contributed by atoms with E-state index in [0.717, 1.165) is 16.9 Å². The van der Waals surface area contributed by atoms with Gasteiger partial charge in [0.1, 0.15) is 0 Å². The fraction of sp³-hybridized carbons (Fsp3) is 0.462. The average molecular weight is 254 g/mol. The summed E-state index contributed by atoms with van der Waals surface area (Å²) in [7, 11) is 0. The van der Waals surface area contributed by atoms with E-state index in [-0.39, 0.29) is 5.50 Å². The maximum atomic E-state index is 5.85. The Morgan fingerprint density at radius 2 is 2.06 bits per heavy atom. The summed E-state index contributed by atoms with van der Waals surface area (Å²) >= 11 is 5.85. The summed E-state index contributed by atoms with van der Waals surface area (Å²) in [4.78, 5) is 4.41. The molecule has 1 aromatic rings. The van der Waals surface area contributed by atoms with Gasteiger partial charge >= 0.3 is 0 Å². The van der Waals surface area contributed by atoms with Crippen LogP contribution in [-0.2, 0) is 0 Å². The topological polar surface area (TPSA) is 37.0 Å². The van der Waals surface area contributed by atoms with Gasteiger partial charge in [0.15, 0.2) is 0 Å². The van der Waals surface area contributed by atoms with Gasteiger partial charge in [0.05, 0.1) is 22.7 Å². The van der Waals surface area contributed by atoms with Crippen molar-refractivity contribution >= 4 is 17.3 Å². The van der Waals surface area contributed by atoms with Crippen LogP contribution >= 0.6 is 11.6 Å². The molecule has 4 heteroatoms. The highest BCUT2D eigenvalue weighted by molar-refractivity contribution is 6.20. The first-order valence-electron chi connectivity index (χ1n) is 5.73. The number of rotatable bonds is 5. The summed E-state index contributed by atoms with van der Waals surface area (Å²) in [6.07, 6.45) is 1.83. The van der Waals surface area contributed by atoms with Gasteiger partial charge in [-0.15, -0.1) is 0 Å². The van der Waals surface area contributed by atoms with Crippen LogP contribution in [0.2, 0.25) is 0 Å². The van der Waals surface area contributed by atoms with Crippen molar-refractivity contribution < 1.29 is 0 Å². The van der Waals surface area contributed by atoms with Crippen LogP contribution in [0, 0.1) is 6.92 Å². The highest BCUT2D eigenvalue weighted by atomic mass is 35.5. The maximum absolute atomic E-state index is 5.85. The van der Waals surface area contributed by atoms with Gasteiger partial charge < -0.3 is 10.6 Å². The third-order valence-electron chi connectivity index (χ3n) is 2.38. The number of alkyl halides is 1. The molecule has 0 aromatic carbocycles. The van der Waals surface area contributed by atoms with Crippen molar-refractivity contribution in [1.29, 1.82) is 0 Å². The van der Waals surface area contributed by atoms with Gasteiger partial charge in [0, 0.05) is 6.20 Å². The summed E-state index contributed by atoms with van der Waals surface area (Å²) in [5.41, 5.74) is 3.04. The summed E-state index contributed by atoms with van der Waals surface area (Å²) in [6, 6.07) is 1.98. The van der Waals surface area contributed by atoms with E-state index < -0.39 is 0 Å². The lowest BCUT2D eigenvalue weighted by Gasteiger charge is -2.19. The molecule has 0 aliphatic rings. The normalized spacial score (nSPS) is 12.4. The third kappa shape index (κ3) is 3.93. The molecule has 0 fully saturated rings. The number of aromatic nitrogens is 1. The number of anilines is 1. The van der Waals surface area contributed by atoms with Crippen LogP contribution in [0.4, 0.5) is 5.69 Å². The molecule has 0 aliphatic carbocycles. The van der Waals surface area contributed by atoms with E-state index in [2.05, 4.69) is 36.0 Å². The minimum atomic E-state index is -0.158. The molecule has 3 nitrogen and oxygen atoms in total. The average Bonchev–Trinajstić information content (AvgIpc) is 2.19. The van der Waals surface area contributed by atoms with Crippen molar-refractivity contribution in [1.82, 2.24) is 10.3 Å². The Morgan fingerprint density at radius 3 is 2.59 bits per heavy atom. The number of pyridine rings is 1. The number of nitrogens with one attached hydrogen (secondary N) is 2. The SMILES string of the molecule is C=C(Nc1c(C)ccnc1C(C)C)NC(C)Cl. The fourth-order valence-corrected chi connectivity index (χ4v) is 1.74. The van der Waals surface area contributed by atoms with Crippen LogP contribution in [-0.4, -0.2) is 10.5 Å². The number of aryl methyl sites for hydroxylation is 1. The molecule has 0 saturated heterocycles. The van der Waals surface area contributed by atoms with Crippen LogP contribution in [0.25, 0.3) is 0 Å². The first-order chi connectivity index (χ1) is 7.91. The molecule has 2 N–H and O–H groups in total. The van der Waals surface area contributed by atoms with Gasteiger partial charge in [-0.1, -0.05) is 32.0 Å². The van der Waals surface area contributed by atoms with Crippen molar-refractivity contribution in [2.75, 3.05) is 5.32 Å². The lowest BCUT2D eigenvalue weighted by molar-refractivity contribution is 0.789. The van der Waals surface area contributed by atoms with E-state index in [1.807, 2.05) is 26.1 Å². The summed E-state index contributed by atoms with van der Waals surface area (Å²) in [5, 5.41) is 6.26. The van der Waals surface area contributed by atoms with Gasteiger partial charge in [-0.05, 0) is 31.4 Å². The van der Waals surface area contributed by atoms with Crippen LogP contribution in [0.1, 0.15) is 37.9 Å². The van der Waals surface area contributed by atoms with E-state index in [0.29, 0.717) is 11.7 Å². The van der Waals surface area contributed by atoms with Crippen LogP contribution in [0.5, 0.6) is 0 Å². The van der Waals surface area contributed by atoms with Crippen LogP contribution in [0.3, 0.4) is 0 Å². The molecule has 0 spiro atoms. The largest absolute Gasteiger partial charge is 0.356 e. The van der Waals surface area contributed by atoms with Crippen molar-refractivity contribution in [2.24, 2.45) is 0 Å². The van der Waals surface area contributed by atoms with Crippen molar-refractivity contribution in [2.45, 2.75) is 39.1 Å². The first kappa shape index (κ1) is 13.8. The van der Waals surface area contributed by atoms with E-state index >= 15 is 0 Å². The van der Waals surface area contributed by atoms with Crippen molar-refractivity contribution in [3.63, 3.8) is 0 Å². The molecule has 1 heterocycles. The number of nitrogens with zero attached hydrogens (tertiary/aromatic N) is 1. The van der Waals surface area contributed by atoms with Gasteiger partial charge in [0.2, 0.25) is 0 Å². The lowest BCUT2D eigenvalue weighted by Crippen LogP contribution is -2.24. The standard InChI is InChI=1S/C13H20ClN3/c1-8(2)12-13(9(3)6-7-15-12)17-11(5)16-10(4)14/h6-8,10,16-17H,5H2,1-4H3. The Hall–Kier alpha value is -1.22. The second kappa shape index (κ2) is 5.92. The van der Waals surface area contributed by atoms with E-state index in [1.165, 1.54) is 0 Å². The van der Waals surface area contributed by atoms with E-state index in [1.54, 1.807) is 0 Å². The molecule has 1 rings (SSSR count). The fourth-order valence-electron chi connectivity index (χ4n) is 1.61. The Labute approximate surface area is 108 Å². The second-order valence-corrected chi connectivity index (χ2v) is 5.06. The van der Waals surface area contributed by atoms with Gasteiger partial charge in [0.25, 0.3) is 0 Å². The Bertz CT molecular complexity index is 400. The predicted molar refractivity (Wildman–Crippen MR) is 74.3 cm³/mol. The number of hydrogen-bond donors (Lipinski definition) is 2. The number of hydrogen-bond acceptors (Lipinski definition) is 3. The molecule has 0 aliphatic heterocycles. The van der Waals surface area contributed by atoms with E-state index in [9.17, 15) is 0 Å². The Balaban J connectivity index is 2.93. The monoisotopic (exact) mass is 253 g/mol.